The van der Waals surface area contributed by atoms with E-state index in [2.05, 4.69) is 5.32 Å². The van der Waals surface area contributed by atoms with Gasteiger partial charge in [0.1, 0.15) is 30.2 Å². The van der Waals surface area contributed by atoms with E-state index in [1.54, 1.807) is 52.0 Å². The molecule has 25 heavy (non-hydrogen) atoms. The fraction of sp³-hybridized carbons (Fsp3) is 0.556. The summed E-state index contributed by atoms with van der Waals surface area (Å²) < 4.78 is 27.3. The number of esters is 1. The molecule has 0 aliphatic rings. The van der Waals surface area contributed by atoms with Gasteiger partial charge in [-0.25, -0.2) is 14.0 Å². The Kier molecular flexibility index (Phi) is 7.21. The van der Waals surface area contributed by atoms with Crippen molar-refractivity contribution in [2.45, 2.75) is 45.3 Å². The van der Waals surface area contributed by atoms with Crippen LogP contribution in [0, 0.1) is 0 Å². The number of carbonyl (C=O) groups is 2. The highest BCUT2D eigenvalue weighted by atomic mass is 19.1. The first-order chi connectivity index (χ1) is 11.6. The molecule has 1 N–H and O–H groups in total. The number of methoxy groups -OCH3 is 1. The van der Waals surface area contributed by atoms with Gasteiger partial charge in [0, 0.05) is 6.42 Å². The molecule has 0 unspecified atom stereocenters. The molecule has 6 nitrogen and oxygen atoms in total. The van der Waals surface area contributed by atoms with E-state index in [9.17, 15) is 14.0 Å². The predicted octanol–water partition coefficient (Wildman–Crippen LogP) is 3.03. The third-order valence-corrected chi connectivity index (χ3v) is 3.24. The molecule has 140 valence electrons. The molecule has 1 atom stereocenters. The number of carbonyl (C=O) groups excluding carboxylic acids is 2. The summed E-state index contributed by atoms with van der Waals surface area (Å²) in [5.74, 6) is -0.0580. The molecule has 0 saturated carbocycles. The highest BCUT2D eigenvalue weighted by Gasteiger charge is 2.37. The zero-order valence-corrected chi connectivity index (χ0v) is 15.3. The minimum Gasteiger partial charge on any atom is -0.491 e. The summed E-state index contributed by atoms with van der Waals surface area (Å²) >= 11 is 0. The van der Waals surface area contributed by atoms with Crippen LogP contribution in [0.5, 0.6) is 5.75 Å². The van der Waals surface area contributed by atoms with Crippen LogP contribution in [0.15, 0.2) is 24.3 Å². The normalized spacial score (nSPS) is 13.5. The van der Waals surface area contributed by atoms with Crippen molar-refractivity contribution in [2.24, 2.45) is 0 Å². The number of amides is 1. The number of alkyl carbamates (subject to hydrolysis) is 1. The van der Waals surface area contributed by atoms with E-state index >= 15 is 0 Å². The lowest BCUT2D eigenvalue weighted by Gasteiger charge is -2.29. The van der Waals surface area contributed by atoms with Crippen LogP contribution in [0.25, 0.3) is 0 Å². The molecule has 0 aliphatic carbocycles. The lowest BCUT2D eigenvalue weighted by atomic mass is 9.93. The van der Waals surface area contributed by atoms with Crippen LogP contribution in [-0.2, 0) is 20.7 Å². The predicted molar refractivity (Wildman–Crippen MR) is 91.4 cm³/mol. The van der Waals surface area contributed by atoms with Crippen LogP contribution >= 0.6 is 0 Å². The van der Waals surface area contributed by atoms with Gasteiger partial charge in [0.15, 0.2) is 0 Å². The first kappa shape index (κ1) is 20.7. The van der Waals surface area contributed by atoms with Crippen molar-refractivity contribution in [1.29, 1.82) is 0 Å². The van der Waals surface area contributed by atoms with Crippen LogP contribution in [0.2, 0.25) is 0 Å². The number of nitrogens with one attached hydrogen (secondary N) is 1. The van der Waals surface area contributed by atoms with Crippen molar-refractivity contribution in [3.63, 3.8) is 0 Å². The lowest BCUT2D eigenvalue weighted by molar-refractivity contribution is -0.147. The van der Waals surface area contributed by atoms with Crippen LogP contribution in [0.1, 0.15) is 33.3 Å². The number of hydrogen-bond acceptors (Lipinski definition) is 5. The zero-order valence-electron chi connectivity index (χ0n) is 15.3. The first-order valence-electron chi connectivity index (χ1n) is 7.97. The van der Waals surface area contributed by atoms with E-state index in [1.165, 1.54) is 7.11 Å². The van der Waals surface area contributed by atoms with E-state index in [1.807, 2.05) is 0 Å². The standard InChI is InChI=1S/C18H26FNO5/c1-17(2,3)25-16(22)20-18(4,15(21)23-5)12-13-6-8-14(9-7-13)24-11-10-19/h6-9H,10-12H2,1-5H3,(H,20,22)/t18-/m0/s1. The SMILES string of the molecule is COC(=O)[C@](C)(Cc1ccc(OCCF)cc1)NC(=O)OC(C)(C)C. The third kappa shape index (κ3) is 6.99. The van der Waals surface area contributed by atoms with Crippen molar-refractivity contribution >= 4 is 12.1 Å². The van der Waals surface area contributed by atoms with Gasteiger partial charge in [-0.2, -0.15) is 0 Å². The van der Waals surface area contributed by atoms with Crippen LogP contribution in [-0.4, -0.2) is 43.6 Å². The van der Waals surface area contributed by atoms with Gasteiger partial charge >= 0.3 is 12.1 Å². The van der Waals surface area contributed by atoms with Crippen LogP contribution in [0.3, 0.4) is 0 Å². The minimum absolute atomic E-state index is 0.0145. The Labute approximate surface area is 147 Å². The fourth-order valence-electron chi connectivity index (χ4n) is 2.19. The fourth-order valence-corrected chi connectivity index (χ4v) is 2.19. The van der Waals surface area contributed by atoms with Crippen LogP contribution < -0.4 is 10.1 Å². The molecular weight excluding hydrogens is 329 g/mol. The number of alkyl halides is 1. The van der Waals surface area contributed by atoms with Gasteiger partial charge in [0.25, 0.3) is 0 Å². The monoisotopic (exact) mass is 355 g/mol. The second-order valence-electron chi connectivity index (χ2n) is 6.81. The van der Waals surface area contributed by atoms with Gasteiger partial charge in [0.05, 0.1) is 7.11 Å². The quantitative estimate of drug-likeness (QED) is 0.761. The molecule has 0 fully saturated rings. The van der Waals surface area contributed by atoms with Crippen molar-refractivity contribution < 1.29 is 28.2 Å². The average Bonchev–Trinajstić information content (AvgIpc) is 2.51. The molecule has 7 heteroatoms. The van der Waals surface area contributed by atoms with Gasteiger partial charge < -0.3 is 19.5 Å². The summed E-state index contributed by atoms with van der Waals surface area (Å²) in [5.41, 5.74) is -1.20. The molecule has 1 rings (SSSR count). The summed E-state index contributed by atoms with van der Waals surface area (Å²) in [7, 11) is 1.26. The molecule has 0 spiro atoms. The summed E-state index contributed by atoms with van der Waals surface area (Å²) in [6.07, 6.45) is -0.509. The molecule has 1 aromatic rings. The number of ether oxygens (including phenoxy) is 3. The minimum atomic E-state index is -1.29. The summed E-state index contributed by atoms with van der Waals surface area (Å²) in [6, 6.07) is 6.84. The maximum atomic E-state index is 12.2. The Balaban J connectivity index is 2.87. The second-order valence-corrected chi connectivity index (χ2v) is 6.81. The third-order valence-electron chi connectivity index (χ3n) is 3.24. The maximum Gasteiger partial charge on any atom is 0.408 e. The Hall–Kier alpha value is -2.31. The summed E-state index contributed by atoms with van der Waals surface area (Å²) in [5, 5.41) is 2.58. The van der Waals surface area contributed by atoms with E-state index in [-0.39, 0.29) is 13.0 Å². The average molecular weight is 355 g/mol. The smallest absolute Gasteiger partial charge is 0.408 e. The van der Waals surface area contributed by atoms with Gasteiger partial charge in [0.2, 0.25) is 0 Å². The number of hydrogen-bond donors (Lipinski definition) is 1. The number of benzene rings is 1. The largest absolute Gasteiger partial charge is 0.491 e. The van der Waals surface area contributed by atoms with Crippen molar-refractivity contribution in [1.82, 2.24) is 5.32 Å². The van der Waals surface area contributed by atoms with Crippen LogP contribution in [0.4, 0.5) is 9.18 Å². The Morgan fingerprint density at radius 1 is 1.12 bits per heavy atom. The lowest BCUT2D eigenvalue weighted by Crippen LogP contribution is -2.55. The summed E-state index contributed by atoms with van der Waals surface area (Å²) in [6.45, 7) is 6.19. The van der Waals surface area contributed by atoms with Crippen molar-refractivity contribution in [3.8, 4) is 5.75 Å². The van der Waals surface area contributed by atoms with Gasteiger partial charge in [-0.3, -0.25) is 0 Å². The maximum absolute atomic E-state index is 12.2. The molecule has 0 saturated heterocycles. The second kappa shape index (κ2) is 8.69. The van der Waals surface area contributed by atoms with E-state index < -0.39 is 29.9 Å². The molecule has 1 aromatic carbocycles. The summed E-state index contributed by atoms with van der Waals surface area (Å²) in [4.78, 5) is 24.2. The number of rotatable bonds is 7. The molecule has 0 heterocycles. The molecule has 1 amide bonds. The van der Waals surface area contributed by atoms with E-state index in [0.29, 0.717) is 5.75 Å². The molecule has 0 bridgehead atoms. The van der Waals surface area contributed by atoms with Gasteiger partial charge in [-0.05, 0) is 45.4 Å². The Bertz CT molecular complexity index is 582. The van der Waals surface area contributed by atoms with E-state index in [4.69, 9.17) is 14.2 Å². The molecular formula is C18H26FNO5. The van der Waals surface area contributed by atoms with E-state index in [0.717, 1.165) is 5.56 Å². The highest BCUT2D eigenvalue weighted by molar-refractivity contribution is 5.85. The van der Waals surface area contributed by atoms with Crippen molar-refractivity contribution in [2.75, 3.05) is 20.4 Å². The van der Waals surface area contributed by atoms with Gasteiger partial charge in [-0.15, -0.1) is 0 Å². The first-order valence-corrected chi connectivity index (χ1v) is 7.97. The number of halogens is 1. The van der Waals surface area contributed by atoms with Gasteiger partial charge in [-0.1, -0.05) is 12.1 Å². The topological polar surface area (TPSA) is 73.9 Å². The Morgan fingerprint density at radius 2 is 1.72 bits per heavy atom. The molecule has 0 radical (unpaired) electrons. The van der Waals surface area contributed by atoms with Crippen molar-refractivity contribution in [3.05, 3.63) is 29.8 Å². The molecule has 0 aliphatic heterocycles. The highest BCUT2D eigenvalue weighted by Crippen LogP contribution is 2.19. The zero-order chi connectivity index (χ0) is 19.1. The molecule has 0 aromatic heterocycles. The Morgan fingerprint density at radius 3 is 2.20 bits per heavy atom.